The molecule has 15 heavy (non-hydrogen) atoms. The van der Waals surface area contributed by atoms with Crippen LogP contribution in [0.15, 0.2) is 23.1 Å². The number of hydrogen-bond acceptors (Lipinski definition) is 3. The molecule has 0 aliphatic heterocycles. The van der Waals surface area contributed by atoms with Crippen LogP contribution in [0.1, 0.15) is 22.3 Å². The zero-order valence-corrected chi connectivity index (χ0v) is 9.97. The third kappa shape index (κ3) is 4.06. The normalized spacial score (nSPS) is 10.3. The standard InChI is InChI=1S/C12H16O2S/c1-10-8-11(9-13)4-5-12(10)15-7-3-6-14-2/h4-5,8-9H,3,6-7H2,1-2H3. The van der Waals surface area contributed by atoms with Gasteiger partial charge in [0.05, 0.1) is 0 Å². The van der Waals surface area contributed by atoms with Gasteiger partial charge in [0.2, 0.25) is 0 Å². The van der Waals surface area contributed by atoms with E-state index in [1.807, 2.05) is 36.9 Å². The molecule has 0 N–H and O–H groups in total. The summed E-state index contributed by atoms with van der Waals surface area (Å²) in [4.78, 5) is 11.8. The first-order valence-corrected chi connectivity index (χ1v) is 5.94. The number of hydrogen-bond donors (Lipinski definition) is 0. The van der Waals surface area contributed by atoms with Gasteiger partial charge in [-0.15, -0.1) is 11.8 Å². The zero-order chi connectivity index (χ0) is 11.1. The van der Waals surface area contributed by atoms with Crippen LogP contribution in [0.3, 0.4) is 0 Å². The number of carbonyl (C=O) groups excluding carboxylic acids is 1. The predicted octanol–water partition coefficient (Wildman–Crippen LogP) is 2.94. The average molecular weight is 224 g/mol. The molecule has 3 heteroatoms. The van der Waals surface area contributed by atoms with Gasteiger partial charge in [-0.05, 0) is 31.0 Å². The third-order valence-electron chi connectivity index (χ3n) is 2.09. The van der Waals surface area contributed by atoms with E-state index in [1.165, 1.54) is 10.5 Å². The van der Waals surface area contributed by atoms with Crippen LogP contribution in [0.2, 0.25) is 0 Å². The van der Waals surface area contributed by atoms with E-state index in [9.17, 15) is 4.79 Å². The molecular weight excluding hydrogens is 208 g/mol. The molecule has 0 spiro atoms. The van der Waals surface area contributed by atoms with Gasteiger partial charge in [0, 0.05) is 29.9 Å². The minimum Gasteiger partial charge on any atom is -0.385 e. The van der Waals surface area contributed by atoms with Gasteiger partial charge in [-0.1, -0.05) is 6.07 Å². The Morgan fingerprint density at radius 1 is 1.47 bits per heavy atom. The maximum atomic E-state index is 10.5. The van der Waals surface area contributed by atoms with Crippen molar-refractivity contribution in [1.82, 2.24) is 0 Å². The summed E-state index contributed by atoms with van der Waals surface area (Å²) in [6, 6.07) is 5.79. The quantitative estimate of drug-likeness (QED) is 0.422. The van der Waals surface area contributed by atoms with Crippen molar-refractivity contribution in [3.8, 4) is 0 Å². The number of methoxy groups -OCH3 is 1. The van der Waals surface area contributed by atoms with Gasteiger partial charge in [0.15, 0.2) is 0 Å². The lowest BCUT2D eigenvalue weighted by molar-refractivity contribution is 0.112. The van der Waals surface area contributed by atoms with E-state index in [2.05, 4.69) is 0 Å². The average Bonchev–Trinajstić information content (AvgIpc) is 2.26. The number of benzene rings is 1. The molecule has 2 nitrogen and oxygen atoms in total. The lowest BCUT2D eigenvalue weighted by Crippen LogP contribution is -1.91. The number of carbonyl (C=O) groups is 1. The highest BCUT2D eigenvalue weighted by molar-refractivity contribution is 7.99. The van der Waals surface area contributed by atoms with Crippen molar-refractivity contribution < 1.29 is 9.53 Å². The Bertz CT molecular complexity index is 323. The van der Waals surface area contributed by atoms with E-state index >= 15 is 0 Å². The summed E-state index contributed by atoms with van der Waals surface area (Å²) >= 11 is 1.81. The van der Waals surface area contributed by atoms with Crippen LogP contribution in [0, 0.1) is 6.92 Å². The summed E-state index contributed by atoms with van der Waals surface area (Å²) in [6.45, 7) is 2.84. The maximum absolute atomic E-state index is 10.5. The van der Waals surface area contributed by atoms with Crippen LogP contribution in [-0.2, 0) is 4.74 Å². The molecule has 1 aromatic carbocycles. The fourth-order valence-corrected chi connectivity index (χ4v) is 2.23. The monoisotopic (exact) mass is 224 g/mol. The third-order valence-corrected chi connectivity index (χ3v) is 3.35. The molecule has 0 amide bonds. The molecule has 0 aliphatic rings. The van der Waals surface area contributed by atoms with Gasteiger partial charge in [0.1, 0.15) is 6.29 Å². The van der Waals surface area contributed by atoms with Gasteiger partial charge in [-0.2, -0.15) is 0 Å². The number of rotatable bonds is 6. The molecule has 0 saturated carbocycles. The van der Waals surface area contributed by atoms with Gasteiger partial charge < -0.3 is 4.74 Å². The lowest BCUT2D eigenvalue weighted by atomic mass is 10.2. The van der Waals surface area contributed by atoms with Crippen LogP contribution < -0.4 is 0 Å². The van der Waals surface area contributed by atoms with Crippen LogP contribution in [0.4, 0.5) is 0 Å². The predicted molar refractivity (Wildman–Crippen MR) is 63.8 cm³/mol. The van der Waals surface area contributed by atoms with Gasteiger partial charge in [0.25, 0.3) is 0 Å². The molecule has 0 fully saturated rings. The first-order valence-electron chi connectivity index (χ1n) is 4.95. The molecule has 0 saturated heterocycles. The van der Waals surface area contributed by atoms with E-state index in [0.29, 0.717) is 0 Å². The van der Waals surface area contributed by atoms with Crippen LogP contribution in [0.5, 0.6) is 0 Å². The SMILES string of the molecule is COCCCSc1ccc(C=O)cc1C. The molecule has 0 unspecified atom stereocenters. The summed E-state index contributed by atoms with van der Waals surface area (Å²) in [5, 5.41) is 0. The van der Waals surface area contributed by atoms with Gasteiger partial charge >= 0.3 is 0 Å². The Kier molecular flexibility index (Phi) is 5.43. The van der Waals surface area contributed by atoms with E-state index in [1.54, 1.807) is 7.11 Å². The van der Waals surface area contributed by atoms with Gasteiger partial charge in [-0.3, -0.25) is 4.79 Å². The van der Waals surface area contributed by atoms with Crippen molar-refractivity contribution in [2.75, 3.05) is 19.5 Å². The molecule has 0 heterocycles. The highest BCUT2D eigenvalue weighted by Gasteiger charge is 2.00. The van der Waals surface area contributed by atoms with Crippen molar-refractivity contribution in [3.05, 3.63) is 29.3 Å². The molecule has 0 aliphatic carbocycles. The molecule has 82 valence electrons. The Hall–Kier alpha value is -0.800. The maximum Gasteiger partial charge on any atom is 0.150 e. The Morgan fingerprint density at radius 3 is 2.87 bits per heavy atom. The second kappa shape index (κ2) is 6.64. The molecule has 0 atom stereocenters. The van der Waals surface area contributed by atoms with Gasteiger partial charge in [-0.25, -0.2) is 0 Å². The van der Waals surface area contributed by atoms with Crippen molar-refractivity contribution >= 4 is 18.0 Å². The van der Waals surface area contributed by atoms with Crippen LogP contribution in [-0.4, -0.2) is 25.8 Å². The van der Waals surface area contributed by atoms with Crippen molar-refractivity contribution in [2.24, 2.45) is 0 Å². The summed E-state index contributed by atoms with van der Waals surface area (Å²) < 4.78 is 4.99. The molecular formula is C12H16O2S. The second-order valence-corrected chi connectivity index (χ2v) is 4.47. The Morgan fingerprint density at radius 2 is 2.27 bits per heavy atom. The van der Waals surface area contributed by atoms with Crippen LogP contribution >= 0.6 is 11.8 Å². The molecule has 1 aromatic rings. The first kappa shape index (κ1) is 12.3. The molecule has 0 aromatic heterocycles. The van der Waals surface area contributed by atoms with Crippen molar-refractivity contribution in [3.63, 3.8) is 0 Å². The number of ether oxygens (including phenoxy) is 1. The van der Waals surface area contributed by atoms with E-state index in [-0.39, 0.29) is 0 Å². The highest BCUT2D eigenvalue weighted by Crippen LogP contribution is 2.23. The first-order chi connectivity index (χ1) is 7.27. The number of thioether (sulfide) groups is 1. The minimum absolute atomic E-state index is 0.744. The summed E-state index contributed by atoms with van der Waals surface area (Å²) in [5.74, 6) is 1.05. The topological polar surface area (TPSA) is 26.3 Å². The minimum atomic E-state index is 0.744. The number of aldehydes is 1. The highest BCUT2D eigenvalue weighted by atomic mass is 32.2. The second-order valence-electron chi connectivity index (χ2n) is 3.34. The molecule has 0 bridgehead atoms. The zero-order valence-electron chi connectivity index (χ0n) is 9.16. The van der Waals surface area contributed by atoms with Crippen molar-refractivity contribution in [1.29, 1.82) is 0 Å². The van der Waals surface area contributed by atoms with Crippen molar-refractivity contribution in [2.45, 2.75) is 18.2 Å². The number of aryl methyl sites for hydroxylation is 1. The van der Waals surface area contributed by atoms with Crippen LogP contribution in [0.25, 0.3) is 0 Å². The Labute approximate surface area is 95.0 Å². The molecule has 1 rings (SSSR count). The summed E-state index contributed by atoms with van der Waals surface area (Å²) in [5.41, 5.74) is 1.91. The lowest BCUT2D eigenvalue weighted by Gasteiger charge is -2.05. The molecule has 0 radical (unpaired) electrons. The summed E-state index contributed by atoms with van der Waals surface area (Å²) in [7, 11) is 1.72. The summed E-state index contributed by atoms with van der Waals surface area (Å²) in [6.07, 6.45) is 1.93. The van der Waals surface area contributed by atoms with E-state index < -0.39 is 0 Å². The largest absolute Gasteiger partial charge is 0.385 e. The van der Waals surface area contributed by atoms with E-state index in [0.717, 1.165) is 30.6 Å². The Balaban J connectivity index is 2.50. The fraction of sp³-hybridized carbons (Fsp3) is 0.417. The van der Waals surface area contributed by atoms with E-state index in [4.69, 9.17) is 4.74 Å². The smallest absolute Gasteiger partial charge is 0.150 e. The fourth-order valence-electron chi connectivity index (χ4n) is 1.29.